The van der Waals surface area contributed by atoms with Gasteiger partial charge in [-0.15, -0.1) is 0 Å². The quantitative estimate of drug-likeness (QED) is 0.735. The number of rotatable bonds is 3. The molecule has 0 aromatic carbocycles. The molecule has 0 aromatic heterocycles. The molecule has 0 aromatic rings. The van der Waals surface area contributed by atoms with Gasteiger partial charge in [0.15, 0.2) is 0 Å². The highest BCUT2D eigenvalue weighted by Gasteiger charge is 2.44. The van der Waals surface area contributed by atoms with Crippen molar-refractivity contribution in [2.75, 3.05) is 45.9 Å². The van der Waals surface area contributed by atoms with Crippen molar-refractivity contribution >= 4 is 0 Å². The van der Waals surface area contributed by atoms with E-state index in [9.17, 15) is 0 Å². The van der Waals surface area contributed by atoms with Crippen LogP contribution in [0.3, 0.4) is 0 Å². The second kappa shape index (κ2) is 8.21. The summed E-state index contributed by atoms with van der Waals surface area (Å²) >= 11 is 0. The van der Waals surface area contributed by atoms with Gasteiger partial charge in [0.25, 0.3) is 0 Å². The van der Waals surface area contributed by atoms with Crippen molar-refractivity contribution in [2.24, 2.45) is 5.41 Å². The molecular formula is C21H36N2O. The maximum Gasteiger partial charge on any atom is 0.0657 e. The Kier molecular flexibility index (Phi) is 6.24. The van der Waals surface area contributed by atoms with Crippen molar-refractivity contribution in [3.05, 3.63) is 0 Å². The molecule has 0 saturated carbocycles. The number of ether oxygens (including phenoxy) is 1. The summed E-state index contributed by atoms with van der Waals surface area (Å²) in [4.78, 5) is 5.12. The minimum atomic E-state index is 0.0984. The molecule has 3 aliphatic rings. The predicted octanol–water partition coefficient (Wildman–Crippen LogP) is 3.54. The Morgan fingerprint density at radius 2 is 1.62 bits per heavy atom. The van der Waals surface area contributed by atoms with Crippen LogP contribution in [0.1, 0.15) is 65.2 Å². The highest BCUT2D eigenvalue weighted by molar-refractivity contribution is 5.05. The van der Waals surface area contributed by atoms with Gasteiger partial charge in [0.2, 0.25) is 0 Å². The van der Waals surface area contributed by atoms with Crippen molar-refractivity contribution in [1.82, 2.24) is 9.80 Å². The molecule has 0 N–H and O–H groups in total. The van der Waals surface area contributed by atoms with Crippen LogP contribution in [0.25, 0.3) is 0 Å². The normalized spacial score (nSPS) is 35.6. The van der Waals surface area contributed by atoms with Crippen LogP contribution in [0.15, 0.2) is 0 Å². The highest BCUT2D eigenvalue weighted by Crippen LogP contribution is 2.45. The molecule has 3 heteroatoms. The molecule has 3 saturated heterocycles. The minimum absolute atomic E-state index is 0.0984. The van der Waals surface area contributed by atoms with E-state index >= 15 is 0 Å². The Morgan fingerprint density at radius 1 is 0.917 bits per heavy atom. The Balaban J connectivity index is 1.49. The zero-order chi connectivity index (χ0) is 16.9. The highest BCUT2D eigenvalue weighted by atomic mass is 16.5. The van der Waals surface area contributed by atoms with Crippen molar-refractivity contribution < 1.29 is 4.74 Å². The third-order valence-electron chi connectivity index (χ3n) is 6.50. The third-order valence-corrected chi connectivity index (χ3v) is 6.50. The minimum Gasteiger partial charge on any atom is -0.375 e. The molecule has 3 rings (SSSR count). The summed E-state index contributed by atoms with van der Waals surface area (Å²) in [5.41, 5.74) is 0.580. The van der Waals surface area contributed by atoms with E-state index < -0.39 is 0 Å². The van der Waals surface area contributed by atoms with Crippen LogP contribution < -0.4 is 0 Å². The van der Waals surface area contributed by atoms with Crippen LogP contribution in [0.2, 0.25) is 0 Å². The average Bonchev–Trinajstić information content (AvgIpc) is 2.60. The summed E-state index contributed by atoms with van der Waals surface area (Å²) in [6.07, 6.45) is 10.4. The van der Waals surface area contributed by atoms with Gasteiger partial charge >= 0.3 is 0 Å². The lowest BCUT2D eigenvalue weighted by molar-refractivity contribution is -0.132. The molecule has 3 fully saturated rings. The molecule has 0 aliphatic carbocycles. The molecular weight excluding hydrogens is 296 g/mol. The molecule has 0 radical (unpaired) electrons. The first kappa shape index (κ1) is 18.2. The first-order valence-corrected chi connectivity index (χ1v) is 10.2. The van der Waals surface area contributed by atoms with Gasteiger partial charge in [-0.3, -0.25) is 9.80 Å². The monoisotopic (exact) mass is 332 g/mol. The summed E-state index contributed by atoms with van der Waals surface area (Å²) in [5, 5.41) is 0. The van der Waals surface area contributed by atoms with E-state index in [1.54, 1.807) is 0 Å². The maximum absolute atomic E-state index is 6.09. The van der Waals surface area contributed by atoms with Gasteiger partial charge in [-0.25, -0.2) is 0 Å². The van der Waals surface area contributed by atoms with Crippen LogP contribution in [0.5, 0.6) is 0 Å². The smallest absolute Gasteiger partial charge is 0.0657 e. The van der Waals surface area contributed by atoms with E-state index in [4.69, 9.17) is 4.74 Å². The summed E-state index contributed by atoms with van der Waals surface area (Å²) in [5.74, 6) is 6.89. The second-order valence-corrected chi connectivity index (χ2v) is 8.58. The second-order valence-electron chi connectivity index (χ2n) is 8.58. The molecule has 0 amide bonds. The zero-order valence-electron chi connectivity index (χ0n) is 15.9. The maximum atomic E-state index is 6.09. The predicted molar refractivity (Wildman–Crippen MR) is 100 cm³/mol. The van der Waals surface area contributed by atoms with Gasteiger partial charge in [-0.1, -0.05) is 25.2 Å². The van der Waals surface area contributed by atoms with Gasteiger partial charge in [0, 0.05) is 13.2 Å². The summed E-state index contributed by atoms with van der Waals surface area (Å²) in [7, 11) is 0. The van der Waals surface area contributed by atoms with E-state index in [2.05, 4.69) is 35.5 Å². The average molecular weight is 333 g/mol. The third kappa shape index (κ3) is 4.75. The number of likely N-dealkylation sites (tertiary alicyclic amines) is 2. The summed E-state index contributed by atoms with van der Waals surface area (Å²) in [6.45, 7) is 12.4. The fraction of sp³-hybridized carbons (Fsp3) is 0.905. The lowest BCUT2D eigenvalue weighted by Crippen LogP contribution is -2.51. The van der Waals surface area contributed by atoms with Crippen molar-refractivity contribution in [3.63, 3.8) is 0 Å². The van der Waals surface area contributed by atoms with E-state index in [1.165, 1.54) is 71.1 Å². The standard InChI is InChI=1S/C21H36N2O/c1-3-20(2)18-21(11-17-24-20)10-9-16-23(19-21)15-8-7-14-22-12-5-4-6-13-22/h3-6,9-19H2,1-2H3/t20-,21-/m0/s1. The molecule has 0 bridgehead atoms. The molecule has 1 spiro atoms. The van der Waals surface area contributed by atoms with Crippen LogP contribution >= 0.6 is 0 Å². The molecule has 0 unspecified atom stereocenters. The summed E-state index contributed by atoms with van der Waals surface area (Å²) < 4.78 is 6.09. The molecule has 3 heterocycles. The van der Waals surface area contributed by atoms with E-state index in [0.717, 1.165) is 26.1 Å². The van der Waals surface area contributed by atoms with Crippen LogP contribution in [0.4, 0.5) is 0 Å². The van der Waals surface area contributed by atoms with Crippen molar-refractivity contribution in [1.29, 1.82) is 0 Å². The number of piperidine rings is 2. The Labute approximate surface area is 149 Å². The van der Waals surface area contributed by atoms with Gasteiger partial charge in [-0.05, 0) is 76.9 Å². The van der Waals surface area contributed by atoms with E-state index in [-0.39, 0.29) is 5.60 Å². The van der Waals surface area contributed by atoms with Crippen molar-refractivity contribution in [2.45, 2.75) is 70.8 Å². The molecule has 2 atom stereocenters. The number of hydrogen-bond donors (Lipinski definition) is 0. The molecule has 3 nitrogen and oxygen atoms in total. The fourth-order valence-corrected chi connectivity index (χ4v) is 4.92. The fourth-order valence-electron chi connectivity index (χ4n) is 4.92. The summed E-state index contributed by atoms with van der Waals surface area (Å²) in [6, 6.07) is 0. The van der Waals surface area contributed by atoms with Crippen LogP contribution in [0, 0.1) is 17.3 Å². The Bertz CT molecular complexity index is 458. The first-order chi connectivity index (χ1) is 11.6. The van der Waals surface area contributed by atoms with Crippen molar-refractivity contribution in [3.8, 4) is 11.8 Å². The lowest BCUT2D eigenvalue weighted by atomic mass is 9.68. The van der Waals surface area contributed by atoms with E-state index in [0.29, 0.717) is 5.41 Å². The molecule has 24 heavy (non-hydrogen) atoms. The van der Waals surface area contributed by atoms with Gasteiger partial charge in [0.1, 0.15) is 0 Å². The van der Waals surface area contributed by atoms with Gasteiger partial charge in [-0.2, -0.15) is 0 Å². The number of hydrogen-bond acceptors (Lipinski definition) is 3. The topological polar surface area (TPSA) is 15.7 Å². The largest absolute Gasteiger partial charge is 0.375 e. The van der Waals surface area contributed by atoms with Crippen LogP contribution in [-0.2, 0) is 4.74 Å². The Morgan fingerprint density at radius 3 is 2.38 bits per heavy atom. The van der Waals surface area contributed by atoms with E-state index in [1.807, 2.05) is 0 Å². The molecule has 3 aliphatic heterocycles. The van der Waals surface area contributed by atoms with Gasteiger partial charge in [0.05, 0.1) is 18.7 Å². The first-order valence-electron chi connectivity index (χ1n) is 10.2. The molecule has 136 valence electrons. The number of nitrogens with zero attached hydrogens (tertiary/aromatic N) is 2. The lowest BCUT2D eigenvalue weighted by Gasteiger charge is -2.50. The van der Waals surface area contributed by atoms with Gasteiger partial charge < -0.3 is 4.74 Å². The SMILES string of the molecule is CC[C@@]1(C)C[C@]2(CCCN(CC#CCN3CCCCC3)C2)CCO1. The zero-order valence-corrected chi connectivity index (χ0v) is 15.9. The Hall–Kier alpha value is -0.560. The van der Waals surface area contributed by atoms with Crippen LogP contribution in [-0.4, -0.2) is 61.3 Å².